The smallest absolute Gasteiger partial charge is 0.276 e. The second-order valence-electron chi connectivity index (χ2n) is 3.96. The Kier molecular flexibility index (Phi) is 3.53. The van der Waals surface area contributed by atoms with Crippen LogP contribution in [0.4, 0.5) is 0 Å². The second kappa shape index (κ2) is 4.77. The zero-order chi connectivity index (χ0) is 12.5. The molecule has 1 aromatic heterocycles. The van der Waals surface area contributed by atoms with E-state index in [1.165, 1.54) is 10.4 Å². The third-order valence-electron chi connectivity index (χ3n) is 2.89. The molecule has 1 aliphatic heterocycles. The third kappa shape index (κ3) is 2.37. The molecule has 2 rings (SSSR count). The predicted octanol–water partition coefficient (Wildman–Crippen LogP) is 0.148. The largest absolute Gasteiger partial charge is 0.447 e. The van der Waals surface area contributed by atoms with Crippen molar-refractivity contribution in [1.29, 1.82) is 0 Å². The van der Waals surface area contributed by atoms with Gasteiger partial charge in [0.2, 0.25) is 5.09 Å². The molecule has 0 saturated carbocycles. The van der Waals surface area contributed by atoms with Crippen molar-refractivity contribution in [2.75, 3.05) is 20.3 Å². The van der Waals surface area contributed by atoms with Crippen molar-refractivity contribution >= 4 is 10.0 Å². The maximum absolute atomic E-state index is 12.2. The van der Waals surface area contributed by atoms with Gasteiger partial charge in [0.25, 0.3) is 10.0 Å². The van der Waals surface area contributed by atoms with Crippen LogP contribution >= 0.6 is 0 Å². The molecule has 17 heavy (non-hydrogen) atoms. The molecule has 1 fully saturated rings. The number of hydrogen-bond acceptors (Lipinski definition) is 5. The number of hydrogen-bond donors (Lipinski definition) is 1. The Morgan fingerprint density at radius 3 is 2.82 bits per heavy atom. The number of rotatable bonds is 4. The fraction of sp³-hybridized carbons (Fsp3) is 0.600. The van der Waals surface area contributed by atoms with Crippen molar-refractivity contribution in [1.82, 2.24) is 4.31 Å². The summed E-state index contributed by atoms with van der Waals surface area (Å²) in [5.74, 6) is 0.458. The Bertz CT molecular complexity index is 476. The summed E-state index contributed by atoms with van der Waals surface area (Å²) >= 11 is 0. The van der Waals surface area contributed by atoms with E-state index in [1.54, 1.807) is 13.1 Å². The van der Waals surface area contributed by atoms with E-state index in [0.29, 0.717) is 25.4 Å². The molecule has 0 aliphatic carbocycles. The predicted molar refractivity (Wildman–Crippen MR) is 60.8 cm³/mol. The molecule has 7 heteroatoms. The maximum Gasteiger partial charge on any atom is 0.276 e. The summed E-state index contributed by atoms with van der Waals surface area (Å²) in [6.45, 7) is 1.21. The van der Waals surface area contributed by atoms with Gasteiger partial charge in [0.05, 0.1) is 19.2 Å². The van der Waals surface area contributed by atoms with Gasteiger partial charge in [0.1, 0.15) is 5.76 Å². The Labute approximate surface area is 100 Å². The van der Waals surface area contributed by atoms with Gasteiger partial charge in [-0.2, -0.15) is 4.31 Å². The van der Waals surface area contributed by atoms with Gasteiger partial charge < -0.3 is 14.9 Å². The monoisotopic (exact) mass is 260 g/mol. The van der Waals surface area contributed by atoms with Gasteiger partial charge >= 0.3 is 0 Å². The molecule has 1 aromatic rings. The third-order valence-corrected chi connectivity index (χ3v) is 4.68. The van der Waals surface area contributed by atoms with Crippen LogP contribution < -0.4 is 5.73 Å². The van der Waals surface area contributed by atoms with Crippen LogP contribution in [0.3, 0.4) is 0 Å². The number of sulfonamides is 1. The quantitative estimate of drug-likeness (QED) is 0.832. The fourth-order valence-corrected chi connectivity index (χ4v) is 3.05. The van der Waals surface area contributed by atoms with Crippen molar-refractivity contribution in [3.05, 3.63) is 17.9 Å². The highest BCUT2D eigenvalue weighted by Crippen LogP contribution is 2.22. The number of likely N-dealkylation sites (N-methyl/N-ethyl adjacent to an activating group) is 1. The van der Waals surface area contributed by atoms with Gasteiger partial charge in [-0.3, -0.25) is 0 Å². The molecule has 1 atom stereocenters. The summed E-state index contributed by atoms with van der Waals surface area (Å²) in [6, 6.07) is 2.89. The minimum atomic E-state index is -3.58. The van der Waals surface area contributed by atoms with Crippen molar-refractivity contribution in [2.45, 2.75) is 24.1 Å². The molecule has 96 valence electrons. The molecule has 0 aromatic carbocycles. The molecule has 2 N–H and O–H groups in total. The molecular formula is C10H16N2O4S. The average Bonchev–Trinajstić information content (AvgIpc) is 2.98. The molecule has 1 aliphatic rings. The van der Waals surface area contributed by atoms with Gasteiger partial charge in [-0.05, 0) is 18.6 Å². The summed E-state index contributed by atoms with van der Waals surface area (Å²) in [5, 5.41) is -0.0626. The first-order valence-corrected chi connectivity index (χ1v) is 6.84. The topological polar surface area (TPSA) is 85.8 Å². The van der Waals surface area contributed by atoms with E-state index in [1.807, 2.05) is 0 Å². The average molecular weight is 260 g/mol. The van der Waals surface area contributed by atoms with E-state index >= 15 is 0 Å². The van der Waals surface area contributed by atoms with E-state index in [9.17, 15) is 8.42 Å². The second-order valence-corrected chi connectivity index (χ2v) is 5.89. The number of nitrogens with two attached hydrogens (primary N) is 1. The number of ether oxygens (including phenoxy) is 1. The summed E-state index contributed by atoms with van der Waals surface area (Å²) in [6.07, 6.45) is 0.709. The first kappa shape index (κ1) is 12.6. The van der Waals surface area contributed by atoms with E-state index in [0.717, 1.165) is 0 Å². The van der Waals surface area contributed by atoms with Crippen LogP contribution in [0.25, 0.3) is 0 Å². The summed E-state index contributed by atoms with van der Waals surface area (Å²) in [4.78, 5) is 0. The van der Waals surface area contributed by atoms with Gasteiger partial charge in [-0.15, -0.1) is 0 Å². The Morgan fingerprint density at radius 2 is 2.29 bits per heavy atom. The number of nitrogens with zero attached hydrogens (tertiary/aromatic N) is 1. The first-order chi connectivity index (χ1) is 8.05. The van der Waals surface area contributed by atoms with Crippen LogP contribution in [-0.2, 0) is 21.3 Å². The van der Waals surface area contributed by atoms with Crippen LogP contribution in [0.1, 0.15) is 12.2 Å². The molecule has 0 bridgehead atoms. The Balaban J connectivity index is 2.22. The number of furan rings is 1. The van der Waals surface area contributed by atoms with E-state index < -0.39 is 10.0 Å². The molecule has 2 heterocycles. The van der Waals surface area contributed by atoms with Crippen LogP contribution in [-0.4, -0.2) is 39.0 Å². The first-order valence-electron chi connectivity index (χ1n) is 5.40. The van der Waals surface area contributed by atoms with Gasteiger partial charge in [-0.25, -0.2) is 8.42 Å². The van der Waals surface area contributed by atoms with E-state index in [4.69, 9.17) is 14.9 Å². The normalized spacial score (nSPS) is 21.2. The van der Waals surface area contributed by atoms with Crippen LogP contribution in [0.5, 0.6) is 0 Å². The molecule has 0 spiro atoms. The highest BCUT2D eigenvalue weighted by molar-refractivity contribution is 7.89. The van der Waals surface area contributed by atoms with Crippen LogP contribution in [0.15, 0.2) is 21.6 Å². The lowest BCUT2D eigenvalue weighted by Gasteiger charge is -2.20. The van der Waals surface area contributed by atoms with Crippen LogP contribution in [0.2, 0.25) is 0 Å². The SMILES string of the molecule is CN(C1CCOC1)S(=O)(=O)c1ccc(CN)o1. The fourth-order valence-electron chi connectivity index (χ4n) is 1.75. The summed E-state index contributed by atoms with van der Waals surface area (Å²) in [5.41, 5.74) is 5.38. The van der Waals surface area contributed by atoms with Crippen LogP contribution in [0, 0.1) is 0 Å². The van der Waals surface area contributed by atoms with E-state index in [-0.39, 0.29) is 17.7 Å². The lowest BCUT2D eigenvalue weighted by Crippen LogP contribution is -2.37. The minimum absolute atomic E-state index is 0.0626. The van der Waals surface area contributed by atoms with E-state index in [2.05, 4.69) is 0 Å². The zero-order valence-electron chi connectivity index (χ0n) is 9.63. The van der Waals surface area contributed by atoms with Gasteiger partial charge in [-0.1, -0.05) is 0 Å². The van der Waals surface area contributed by atoms with Crippen molar-refractivity contribution in [2.24, 2.45) is 5.73 Å². The highest BCUT2D eigenvalue weighted by atomic mass is 32.2. The lowest BCUT2D eigenvalue weighted by atomic mass is 10.3. The van der Waals surface area contributed by atoms with Crippen molar-refractivity contribution in [3.8, 4) is 0 Å². The Morgan fingerprint density at radius 1 is 1.53 bits per heavy atom. The van der Waals surface area contributed by atoms with Crippen molar-refractivity contribution in [3.63, 3.8) is 0 Å². The summed E-state index contributed by atoms with van der Waals surface area (Å²) in [7, 11) is -2.04. The van der Waals surface area contributed by atoms with Gasteiger partial charge in [0, 0.05) is 13.7 Å². The molecule has 1 unspecified atom stereocenters. The van der Waals surface area contributed by atoms with Crippen molar-refractivity contribution < 1.29 is 17.6 Å². The minimum Gasteiger partial charge on any atom is -0.447 e. The maximum atomic E-state index is 12.2. The Hall–Kier alpha value is -0.890. The summed E-state index contributed by atoms with van der Waals surface area (Å²) < 4.78 is 36.0. The molecule has 6 nitrogen and oxygen atoms in total. The molecular weight excluding hydrogens is 244 g/mol. The zero-order valence-corrected chi connectivity index (χ0v) is 10.4. The van der Waals surface area contributed by atoms with Gasteiger partial charge in [0.15, 0.2) is 0 Å². The highest BCUT2D eigenvalue weighted by Gasteiger charge is 2.32. The molecule has 0 amide bonds. The molecule has 1 saturated heterocycles. The lowest BCUT2D eigenvalue weighted by molar-refractivity contribution is 0.180. The molecule has 0 radical (unpaired) electrons. The standard InChI is InChI=1S/C10H16N2O4S/c1-12(8-4-5-15-7-8)17(13,14)10-3-2-9(6-11)16-10/h2-3,8H,4-7,11H2,1H3.